The summed E-state index contributed by atoms with van der Waals surface area (Å²) in [5, 5.41) is 2.81. The summed E-state index contributed by atoms with van der Waals surface area (Å²) in [7, 11) is 0. The highest BCUT2D eigenvalue weighted by molar-refractivity contribution is 9.10. The summed E-state index contributed by atoms with van der Waals surface area (Å²) in [5.41, 5.74) is 2.12. The fourth-order valence-electron chi connectivity index (χ4n) is 2.73. The molecule has 1 atom stereocenters. The smallest absolute Gasteiger partial charge is 0.242 e. The highest BCUT2D eigenvalue weighted by atomic mass is 79.9. The molecular formula is C21H25BrN2O2. The van der Waals surface area contributed by atoms with Crippen LogP contribution in [-0.2, 0) is 22.6 Å². The molecule has 26 heavy (non-hydrogen) atoms. The van der Waals surface area contributed by atoms with E-state index in [1.807, 2.05) is 61.5 Å². The Morgan fingerprint density at radius 2 is 1.69 bits per heavy atom. The molecule has 1 N–H and O–H groups in total. The van der Waals surface area contributed by atoms with Crippen molar-refractivity contribution in [3.05, 3.63) is 70.2 Å². The predicted molar refractivity (Wildman–Crippen MR) is 108 cm³/mol. The summed E-state index contributed by atoms with van der Waals surface area (Å²) in [6.45, 7) is 4.62. The largest absolute Gasteiger partial charge is 0.355 e. The van der Waals surface area contributed by atoms with Crippen molar-refractivity contribution in [3.8, 4) is 0 Å². The zero-order valence-electron chi connectivity index (χ0n) is 15.2. The summed E-state index contributed by atoms with van der Waals surface area (Å²) in [4.78, 5) is 26.8. The lowest BCUT2D eigenvalue weighted by Gasteiger charge is -2.29. The monoisotopic (exact) mass is 416 g/mol. The molecule has 4 nitrogen and oxygen atoms in total. The van der Waals surface area contributed by atoms with Gasteiger partial charge >= 0.3 is 0 Å². The first-order valence-electron chi connectivity index (χ1n) is 8.86. The van der Waals surface area contributed by atoms with Crippen LogP contribution in [0.2, 0.25) is 0 Å². The Hall–Kier alpha value is -2.14. The maximum Gasteiger partial charge on any atom is 0.242 e. The van der Waals surface area contributed by atoms with Crippen molar-refractivity contribution in [3.63, 3.8) is 0 Å². The van der Waals surface area contributed by atoms with Gasteiger partial charge in [-0.3, -0.25) is 9.59 Å². The molecule has 2 amide bonds. The number of aryl methyl sites for hydroxylation is 1. The lowest BCUT2D eigenvalue weighted by Crippen LogP contribution is -2.47. The fraction of sp³-hybridized carbons (Fsp3) is 0.333. The molecule has 0 heterocycles. The quantitative estimate of drug-likeness (QED) is 0.708. The van der Waals surface area contributed by atoms with E-state index in [1.54, 1.807) is 11.8 Å². The van der Waals surface area contributed by atoms with Crippen LogP contribution in [0.1, 0.15) is 31.4 Å². The third kappa shape index (κ3) is 5.99. The lowest BCUT2D eigenvalue weighted by atomic mass is 10.1. The molecule has 0 aliphatic rings. The van der Waals surface area contributed by atoms with Crippen molar-refractivity contribution in [1.82, 2.24) is 10.2 Å². The molecule has 0 aliphatic heterocycles. The first-order chi connectivity index (χ1) is 12.5. The van der Waals surface area contributed by atoms with Gasteiger partial charge in [-0.2, -0.15) is 0 Å². The predicted octanol–water partition coefficient (Wildman–Crippen LogP) is 3.94. The van der Waals surface area contributed by atoms with Gasteiger partial charge in [-0.05, 0) is 43.5 Å². The Kier molecular flexibility index (Phi) is 7.85. The van der Waals surface area contributed by atoms with Crippen molar-refractivity contribution < 1.29 is 9.59 Å². The molecule has 0 bridgehead atoms. The third-order valence-corrected chi connectivity index (χ3v) is 4.78. The van der Waals surface area contributed by atoms with E-state index in [-0.39, 0.29) is 11.8 Å². The molecule has 0 spiro atoms. The minimum Gasteiger partial charge on any atom is -0.355 e. The standard InChI is InChI=1S/C21H25BrN2O2/c1-3-23-21(26)16(2)24(15-18-9-12-19(22)13-10-18)20(25)14-11-17-7-5-4-6-8-17/h4-10,12-13,16H,3,11,14-15H2,1-2H3,(H,23,26)/t16-/m0/s1. The number of halogens is 1. The molecule has 138 valence electrons. The molecule has 0 aliphatic carbocycles. The number of nitrogens with one attached hydrogen (secondary N) is 1. The van der Waals surface area contributed by atoms with Crippen LogP contribution in [0.15, 0.2) is 59.1 Å². The van der Waals surface area contributed by atoms with E-state index in [4.69, 9.17) is 0 Å². The van der Waals surface area contributed by atoms with E-state index in [9.17, 15) is 9.59 Å². The SMILES string of the molecule is CCNC(=O)[C@H](C)N(Cc1ccc(Br)cc1)C(=O)CCc1ccccc1. The Bertz CT molecular complexity index is 717. The summed E-state index contributed by atoms with van der Waals surface area (Å²) in [5.74, 6) is -0.145. The second-order valence-corrected chi connectivity index (χ2v) is 7.12. The van der Waals surface area contributed by atoms with Gasteiger partial charge in [0.1, 0.15) is 6.04 Å². The number of rotatable bonds is 8. The van der Waals surface area contributed by atoms with Crippen LogP contribution < -0.4 is 5.32 Å². The normalized spacial score (nSPS) is 11.7. The summed E-state index contributed by atoms with van der Waals surface area (Å²) < 4.78 is 0.986. The van der Waals surface area contributed by atoms with Crippen molar-refractivity contribution in [2.24, 2.45) is 0 Å². The molecule has 2 aromatic carbocycles. The molecule has 2 aromatic rings. The summed E-state index contributed by atoms with van der Waals surface area (Å²) in [6, 6.07) is 17.2. The van der Waals surface area contributed by atoms with Crippen molar-refractivity contribution >= 4 is 27.7 Å². The maximum atomic E-state index is 12.9. The Labute approximate surface area is 163 Å². The van der Waals surface area contributed by atoms with Crippen LogP contribution in [0.25, 0.3) is 0 Å². The average molecular weight is 417 g/mol. The number of hydrogen-bond donors (Lipinski definition) is 1. The summed E-state index contributed by atoms with van der Waals surface area (Å²) in [6.07, 6.45) is 1.04. The molecule has 0 aromatic heterocycles. The average Bonchev–Trinajstić information content (AvgIpc) is 2.66. The van der Waals surface area contributed by atoms with Crippen LogP contribution in [0, 0.1) is 0 Å². The van der Waals surface area contributed by atoms with E-state index >= 15 is 0 Å². The number of carbonyl (C=O) groups excluding carboxylic acids is 2. The van der Waals surface area contributed by atoms with Gasteiger partial charge in [0.25, 0.3) is 0 Å². The maximum absolute atomic E-state index is 12.9. The van der Waals surface area contributed by atoms with E-state index in [1.165, 1.54) is 0 Å². The zero-order chi connectivity index (χ0) is 18.9. The second kappa shape index (κ2) is 10.1. The molecule has 5 heteroatoms. The van der Waals surface area contributed by atoms with E-state index < -0.39 is 6.04 Å². The van der Waals surface area contributed by atoms with Gasteiger partial charge in [0.2, 0.25) is 11.8 Å². The van der Waals surface area contributed by atoms with Crippen molar-refractivity contribution in [2.75, 3.05) is 6.54 Å². The number of benzene rings is 2. The van der Waals surface area contributed by atoms with E-state index in [0.29, 0.717) is 25.9 Å². The van der Waals surface area contributed by atoms with Crippen LogP contribution in [0.4, 0.5) is 0 Å². The van der Waals surface area contributed by atoms with Crippen molar-refractivity contribution in [2.45, 2.75) is 39.3 Å². The van der Waals surface area contributed by atoms with Crippen LogP contribution in [0.3, 0.4) is 0 Å². The van der Waals surface area contributed by atoms with Gasteiger partial charge in [-0.1, -0.05) is 58.4 Å². The molecular weight excluding hydrogens is 392 g/mol. The highest BCUT2D eigenvalue weighted by Gasteiger charge is 2.25. The van der Waals surface area contributed by atoms with Crippen molar-refractivity contribution in [1.29, 1.82) is 0 Å². The highest BCUT2D eigenvalue weighted by Crippen LogP contribution is 2.15. The van der Waals surface area contributed by atoms with Gasteiger partial charge in [-0.15, -0.1) is 0 Å². The second-order valence-electron chi connectivity index (χ2n) is 6.20. The molecule has 0 saturated heterocycles. The van der Waals surface area contributed by atoms with E-state index in [2.05, 4.69) is 21.2 Å². The Morgan fingerprint density at radius 3 is 2.31 bits per heavy atom. The Balaban J connectivity index is 2.11. The van der Waals surface area contributed by atoms with Crippen LogP contribution in [-0.4, -0.2) is 29.3 Å². The number of nitrogens with zero attached hydrogens (tertiary/aromatic N) is 1. The molecule has 0 radical (unpaired) electrons. The van der Waals surface area contributed by atoms with Gasteiger partial charge in [0, 0.05) is 24.0 Å². The lowest BCUT2D eigenvalue weighted by molar-refractivity contribution is -0.140. The summed E-state index contributed by atoms with van der Waals surface area (Å²) >= 11 is 3.42. The van der Waals surface area contributed by atoms with Gasteiger partial charge < -0.3 is 10.2 Å². The van der Waals surface area contributed by atoms with E-state index in [0.717, 1.165) is 15.6 Å². The first kappa shape index (κ1) is 20.2. The number of carbonyl (C=O) groups is 2. The number of amides is 2. The molecule has 2 rings (SSSR count). The Morgan fingerprint density at radius 1 is 1.04 bits per heavy atom. The van der Waals surface area contributed by atoms with Gasteiger partial charge in [0.15, 0.2) is 0 Å². The van der Waals surface area contributed by atoms with Gasteiger partial charge in [0.05, 0.1) is 0 Å². The first-order valence-corrected chi connectivity index (χ1v) is 9.66. The minimum absolute atomic E-state index is 0.0180. The van der Waals surface area contributed by atoms with Crippen LogP contribution in [0.5, 0.6) is 0 Å². The number of hydrogen-bond acceptors (Lipinski definition) is 2. The topological polar surface area (TPSA) is 49.4 Å². The third-order valence-electron chi connectivity index (χ3n) is 4.25. The molecule has 0 unspecified atom stereocenters. The number of likely N-dealkylation sites (N-methyl/N-ethyl adjacent to an activating group) is 1. The fourth-order valence-corrected chi connectivity index (χ4v) is 2.99. The molecule has 0 saturated carbocycles. The van der Waals surface area contributed by atoms with Gasteiger partial charge in [-0.25, -0.2) is 0 Å². The van der Waals surface area contributed by atoms with Crippen LogP contribution >= 0.6 is 15.9 Å². The minimum atomic E-state index is -0.512. The molecule has 0 fully saturated rings. The zero-order valence-corrected chi connectivity index (χ0v) is 16.8.